The molecule has 0 amide bonds. The first-order valence-corrected chi connectivity index (χ1v) is 12.7. The monoisotopic (exact) mass is 453 g/mol. The molecule has 2 aliphatic heterocycles. The van der Waals surface area contributed by atoms with Gasteiger partial charge in [0.15, 0.2) is 12.0 Å². The molecule has 3 rings (SSSR count). The van der Waals surface area contributed by atoms with Crippen molar-refractivity contribution in [1.29, 1.82) is 0 Å². The highest BCUT2D eigenvalue weighted by Gasteiger charge is 2.61. The van der Waals surface area contributed by atoms with E-state index in [9.17, 15) is 8.42 Å². The van der Waals surface area contributed by atoms with Crippen LogP contribution in [0.2, 0.25) is 0 Å². The minimum atomic E-state index is -3.78. The van der Waals surface area contributed by atoms with Crippen LogP contribution in [0.25, 0.3) is 0 Å². The average Bonchev–Trinajstić information content (AvgIpc) is 3.09. The third kappa shape index (κ3) is 4.44. The van der Waals surface area contributed by atoms with Crippen molar-refractivity contribution in [1.82, 2.24) is 4.31 Å². The molecular weight excluding hydrogens is 414 g/mol. The van der Waals surface area contributed by atoms with E-state index < -0.39 is 27.6 Å². The Balaban J connectivity index is 2.09. The third-order valence-corrected chi connectivity index (χ3v) is 8.60. The SMILES string of the molecule is CC[C@@H]1CO[C@H]([C@@]2(C)OC(C)(C)O[C@H](C(C)(C)C)[C@H]2C)N1S(=O)(=O)c1ccc(C)cc1. The van der Waals surface area contributed by atoms with Gasteiger partial charge in [0.2, 0.25) is 10.0 Å². The summed E-state index contributed by atoms with van der Waals surface area (Å²) in [7, 11) is -3.78. The lowest BCUT2D eigenvalue weighted by molar-refractivity contribution is -0.384. The van der Waals surface area contributed by atoms with Crippen LogP contribution >= 0.6 is 0 Å². The van der Waals surface area contributed by atoms with Crippen molar-refractivity contribution in [3.63, 3.8) is 0 Å². The molecule has 2 aliphatic rings. The van der Waals surface area contributed by atoms with Crippen molar-refractivity contribution in [2.75, 3.05) is 6.61 Å². The number of sulfonamides is 1. The van der Waals surface area contributed by atoms with E-state index in [-0.39, 0.29) is 28.4 Å². The summed E-state index contributed by atoms with van der Waals surface area (Å²) >= 11 is 0. The zero-order valence-electron chi connectivity index (χ0n) is 20.4. The molecule has 0 saturated carbocycles. The summed E-state index contributed by atoms with van der Waals surface area (Å²) in [6.45, 7) is 18.5. The third-order valence-electron chi connectivity index (χ3n) is 6.68. The molecule has 0 unspecified atom stereocenters. The van der Waals surface area contributed by atoms with E-state index in [1.165, 1.54) is 0 Å². The maximum absolute atomic E-state index is 13.8. The summed E-state index contributed by atoms with van der Waals surface area (Å²) in [6.07, 6.45) is -0.213. The van der Waals surface area contributed by atoms with Crippen LogP contribution in [-0.4, -0.2) is 49.1 Å². The van der Waals surface area contributed by atoms with Crippen LogP contribution < -0.4 is 0 Å². The molecule has 0 radical (unpaired) electrons. The highest BCUT2D eigenvalue weighted by molar-refractivity contribution is 7.89. The number of benzene rings is 1. The van der Waals surface area contributed by atoms with Crippen LogP contribution in [0.3, 0.4) is 0 Å². The summed E-state index contributed by atoms with van der Waals surface area (Å²) in [4.78, 5) is 0.280. The van der Waals surface area contributed by atoms with Gasteiger partial charge in [0.25, 0.3) is 0 Å². The molecule has 7 heteroatoms. The molecular formula is C24H39NO5S. The Morgan fingerprint density at radius 2 is 1.71 bits per heavy atom. The van der Waals surface area contributed by atoms with Gasteiger partial charge in [0.05, 0.1) is 23.6 Å². The summed E-state index contributed by atoms with van der Waals surface area (Å²) in [5, 5.41) is 0. The number of hydrogen-bond acceptors (Lipinski definition) is 5. The smallest absolute Gasteiger partial charge is 0.245 e. The highest BCUT2D eigenvalue weighted by Crippen LogP contribution is 2.49. The second-order valence-electron chi connectivity index (χ2n) is 10.8. The van der Waals surface area contributed by atoms with E-state index in [2.05, 4.69) is 27.7 Å². The van der Waals surface area contributed by atoms with Gasteiger partial charge in [0, 0.05) is 5.92 Å². The van der Waals surface area contributed by atoms with Gasteiger partial charge in [0.1, 0.15) is 5.60 Å². The van der Waals surface area contributed by atoms with Gasteiger partial charge < -0.3 is 14.2 Å². The van der Waals surface area contributed by atoms with Crippen molar-refractivity contribution in [3.8, 4) is 0 Å². The Hall–Kier alpha value is -0.990. The number of ether oxygens (including phenoxy) is 3. The summed E-state index contributed by atoms with van der Waals surface area (Å²) in [5.41, 5.74) is -0.0182. The first-order chi connectivity index (χ1) is 14.1. The second-order valence-corrected chi connectivity index (χ2v) is 12.6. The molecule has 0 bridgehead atoms. The number of hydrogen-bond donors (Lipinski definition) is 0. The van der Waals surface area contributed by atoms with Crippen molar-refractivity contribution in [2.24, 2.45) is 11.3 Å². The molecule has 0 aromatic heterocycles. The fourth-order valence-electron chi connectivity index (χ4n) is 4.97. The van der Waals surface area contributed by atoms with Crippen LogP contribution in [0.15, 0.2) is 29.2 Å². The predicted octanol–water partition coefficient (Wildman–Crippen LogP) is 4.71. The standard InChI is InChI=1S/C24H39NO5S/c1-10-18-15-28-21(25(18)31(26,27)19-13-11-16(2)12-14-19)24(9)17(3)20(22(4,5)6)29-23(7,8)30-24/h11-14,17-18,20-21H,10,15H2,1-9H3/t17-,18-,20+,21-,24+/m1/s1. The summed E-state index contributed by atoms with van der Waals surface area (Å²) in [5.74, 6) is -0.969. The summed E-state index contributed by atoms with van der Waals surface area (Å²) in [6, 6.07) is 6.75. The fourth-order valence-corrected chi connectivity index (χ4v) is 6.82. The topological polar surface area (TPSA) is 65.1 Å². The van der Waals surface area contributed by atoms with Gasteiger partial charge in [-0.1, -0.05) is 52.3 Å². The van der Waals surface area contributed by atoms with Gasteiger partial charge in [-0.3, -0.25) is 0 Å². The van der Waals surface area contributed by atoms with E-state index in [1.807, 2.05) is 46.8 Å². The molecule has 0 spiro atoms. The summed E-state index contributed by atoms with van der Waals surface area (Å²) < 4.78 is 48.3. The maximum atomic E-state index is 13.8. The minimum Gasteiger partial charge on any atom is -0.357 e. The Labute approximate surface area is 188 Å². The van der Waals surface area contributed by atoms with Crippen molar-refractivity contribution < 1.29 is 22.6 Å². The number of nitrogens with zero attached hydrogens (tertiary/aromatic N) is 1. The van der Waals surface area contributed by atoms with Gasteiger partial charge in [-0.2, -0.15) is 4.31 Å². The van der Waals surface area contributed by atoms with Crippen LogP contribution in [0, 0.1) is 18.3 Å². The molecule has 0 aliphatic carbocycles. The van der Waals surface area contributed by atoms with Crippen LogP contribution in [0.4, 0.5) is 0 Å². The Kier molecular flexibility index (Phi) is 6.44. The number of aryl methyl sites for hydroxylation is 1. The maximum Gasteiger partial charge on any atom is 0.245 e. The van der Waals surface area contributed by atoms with Gasteiger partial charge in [-0.15, -0.1) is 0 Å². The lowest BCUT2D eigenvalue weighted by atomic mass is 9.72. The molecule has 6 nitrogen and oxygen atoms in total. The molecule has 1 aromatic carbocycles. The Morgan fingerprint density at radius 1 is 1.13 bits per heavy atom. The molecule has 2 saturated heterocycles. The van der Waals surface area contributed by atoms with Crippen LogP contribution in [0.1, 0.15) is 67.4 Å². The van der Waals surface area contributed by atoms with Crippen LogP contribution in [-0.2, 0) is 24.2 Å². The Morgan fingerprint density at radius 3 is 2.23 bits per heavy atom. The van der Waals surface area contributed by atoms with Gasteiger partial charge in [-0.05, 0) is 51.7 Å². The average molecular weight is 454 g/mol. The molecule has 0 N–H and O–H groups in total. The lowest BCUT2D eigenvalue weighted by Gasteiger charge is -2.56. The largest absolute Gasteiger partial charge is 0.357 e. The highest BCUT2D eigenvalue weighted by atomic mass is 32.2. The number of rotatable bonds is 4. The van der Waals surface area contributed by atoms with E-state index in [1.54, 1.807) is 16.4 Å². The van der Waals surface area contributed by atoms with Crippen LogP contribution in [0.5, 0.6) is 0 Å². The lowest BCUT2D eigenvalue weighted by Crippen LogP contribution is -2.67. The molecule has 31 heavy (non-hydrogen) atoms. The molecule has 5 atom stereocenters. The second kappa shape index (κ2) is 8.10. The first-order valence-electron chi connectivity index (χ1n) is 11.2. The van der Waals surface area contributed by atoms with E-state index in [4.69, 9.17) is 14.2 Å². The molecule has 1 aromatic rings. The van der Waals surface area contributed by atoms with Gasteiger partial charge >= 0.3 is 0 Å². The normalized spacial score (nSPS) is 34.7. The van der Waals surface area contributed by atoms with E-state index in [0.717, 1.165) is 5.56 Å². The van der Waals surface area contributed by atoms with Crippen molar-refractivity contribution in [2.45, 2.75) is 103 Å². The fraction of sp³-hybridized carbons (Fsp3) is 0.750. The van der Waals surface area contributed by atoms with E-state index in [0.29, 0.717) is 13.0 Å². The molecule has 2 heterocycles. The predicted molar refractivity (Wildman–Crippen MR) is 121 cm³/mol. The quantitative estimate of drug-likeness (QED) is 0.660. The molecule has 2 fully saturated rings. The zero-order chi connectivity index (χ0) is 23.4. The first kappa shape index (κ1) is 24.6. The van der Waals surface area contributed by atoms with Crippen molar-refractivity contribution in [3.05, 3.63) is 29.8 Å². The molecule has 176 valence electrons. The van der Waals surface area contributed by atoms with Gasteiger partial charge in [-0.25, -0.2) is 8.42 Å². The van der Waals surface area contributed by atoms with E-state index >= 15 is 0 Å². The zero-order valence-corrected chi connectivity index (χ0v) is 21.2. The minimum absolute atomic E-state index is 0.100. The van der Waals surface area contributed by atoms with Crippen molar-refractivity contribution >= 4 is 10.0 Å². The Bertz CT molecular complexity index is 890.